The van der Waals surface area contributed by atoms with E-state index in [1.807, 2.05) is 0 Å². The van der Waals surface area contributed by atoms with Crippen LogP contribution in [0.3, 0.4) is 0 Å². The van der Waals surface area contributed by atoms with Crippen molar-refractivity contribution in [2.45, 2.75) is 6.30 Å². The molecular weight excluding hydrogens is 331 g/mol. The van der Waals surface area contributed by atoms with Crippen molar-refractivity contribution in [1.29, 1.82) is 0 Å². The molecule has 0 spiro atoms. The van der Waals surface area contributed by atoms with Crippen LogP contribution >= 0.6 is 0 Å². The van der Waals surface area contributed by atoms with Gasteiger partial charge in [-0.05, 0) is 12.1 Å². The van der Waals surface area contributed by atoms with Crippen LogP contribution in [-0.2, 0) is 0 Å². The summed E-state index contributed by atoms with van der Waals surface area (Å²) >= 11 is 0. The molecule has 2 N–H and O–H groups in total. The molecule has 0 heterocycles. The summed E-state index contributed by atoms with van der Waals surface area (Å²) in [7, 11) is 0.769. The molecule has 1 atom stereocenters. The molecule has 92 valence electrons. The van der Waals surface area contributed by atoms with Crippen molar-refractivity contribution in [3.05, 3.63) is 24.3 Å². The Morgan fingerprint density at radius 3 is 1.94 bits per heavy atom. The van der Waals surface area contributed by atoms with E-state index in [2.05, 4.69) is 0 Å². The Kier molecular flexibility index (Phi) is 5.06. The van der Waals surface area contributed by atoms with E-state index in [4.69, 9.17) is 5.73 Å². The summed E-state index contributed by atoms with van der Waals surface area (Å²) in [6.07, 6.45) is -4.68. The van der Waals surface area contributed by atoms with E-state index in [1.54, 1.807) is 0 Å². The van der Waals surface area contributed by atoms with Gasteiger partial charge < -0.3 is 5.73 Å². The number of hydrogen-bond acceptors (Lipinski definition) is 1. The summed E-state index contributed by atoms with van der Waals surface area (Å²) in [5.74, 6) is 0. The van der Waals surface area contributed by atoms with Gasteiger partial charge in [-0.25, -0.2) is 0 Å². The molecule has 0 radical (unpaired) electrons. The number of nitrogens with two attached hydrogens (primary N) is 1. The van der Waals surface area contributed by atoms with Gasteiger partial charge in [0.15, 0.2) is 0 Å². The average molecular weight is 346 g/mol. The Morgan fingerprint density at radius 1 is 1.19 bits per heavy atom. The van der Waals surface area contributed by atoms with Crippen molar-refractivity contribution < 1.29 is 17.6 Å². The second kappa shape index (κ2) is 5.22. The second-order valence-corrected chi connectivity index (χ2v) is 3.37. The van der Waals surface area contributed by atoms with Gasteiger partial charge in [0, 0.05) is 17.8 Å². The van der Waals surface area contributed by atoms with Gasteiger partial charge in [0.05, 0.1) is 7.05 Å². The van der Waals surface area contributed by atoms with Crippen LogP contribution in [0.5, 0.6) is 0 Å². The Balaban J connectivity index is 0.00000225. The maximum absolute atomic E-state index is 12.6. The van der Waals surface area contributed by atoms with Crippen LogP contribution in [-0.4, -0.2) is 44.1 Å². The molecule has 0 saturated carbocycles. The monoisotopic (exact) mass is 347 g/mol. The summed E-state index contributed by atoms with van der Waals surface area (Å²) in [6.45, 7) is -1.55. The number of nitrogen functional groups attached to an aromatic ring is 1. The van der Waals surface area contributed by atoms with Gasteiger partial charge in [0.2, 0.25) is 6.80 Å². The van der Waals surface area contributed by atoms with Crippen molar-refractivity contribution in [2.75, 3.05) is 19.6 Å². The zero-order valence-corrected chi connectivity index (χ0v) is 8.05. The fraction of sp³-hybridized carbons (Fsp3) is 0.333. The number of rotatable bonds is 2. The molecule has 0 bridgehead atoms. The van der Waals surface area contributed by atoms with Crippen LogP contribution in [0.25, 0.3) is 0 Å². The topological polar surface area (TPSA) is 26.0 Å². The molecule has 1 aromatic carbocycles. The molecule has 0 aliphatic heterocycles. The van der Waals surface area contributed by atoms with Gasteiger partial charge in [0.1, 0.15) is 5.69 Å². The molecule has 1 rings (SSSR count). The first-order chi connectivity index (χ1) is 6.81. The Bertz CT molecular complexity index is 338. The Hall–Kier alpha value is -0.501. The van der Waals surface area contributed by atoms with Crippen LogP contribution in [0, 0.1) is 0 Å². The number of anilines is 1. The number of nitrogens with zero attached hydrogens (tertiary/aromatic N) is 1. The third-order valence-electron chi connectivity index (χ3n) is 2.26. The van der Waals surface area contributed by atoms with E-state index < -0.39 is 17.6 Å². The SMILES string of the molecule is C[N+](CF)(c1ccc(N)cc1)C(F)(F)F.[SnH4]. The minimum absolute atomic E-state index is 0. The summed E-state index contributed by atoms with van der Waals surface area (Å²) in [5, 5.41) is 0. The molecule has 2 nitrogen and oxygen atoms in total. The summed E-state index contributed by atoms with van der Waals surface area (Å²) in [4.78, 5) is 0. The average Bonchev–Trinajstić information content (AvgIpc) is 2.16. The van der Waals surface area contributed by atoms with Crippen molar-refractivity contribution >= 4 is 35.3 Å². The number of hydrogen-bond donors (Lipinski definition) is 1. The Labute approximate surface area is 108 Å². The quantitative estimate of drug-likeness (QED) is 0.281. The third-order valence-corrected chi connectivity index (χ3v) is 2.26. The summed E-state index contributed by atoms with van der Waals surface area (Å²) in [5.41, 5.74) is 5.50. The van der Waals surface area contributed by atoms with E-state index in [0.29, 0.717) is 5.69 Å². The van der Waals surface area contributed by atoms with Crippen molar-refractivity contribution in [3.8, 4) is 0 Å². The van der Waals surface area contributed by atoms with Gasteiger partial charge >= 0.3 is 30.2 Å². The minimum atomic E-state index is -4.68. The van der Waals surface area contributed by atoms with Gasteiger partial charge in [-0.2, -0.15) is 8.87 Å². The second-order valence-electron chi connectivity index (χ2n) is 3.37. The number of halogens is 4. The fourth-order valence-electron chi connectivity index (χ4n) is 1.09. The van der Waals surface area contributed by atoms with Crippen molar-refractivity contribution in [3.63, 3.8) is 0 Å². The zero-order chi connectivity index (χ0) is 11.7. The molecule has 0 fully saturated rings. The van der Waals surface area contributed by atoms with Gasteiger partial charge in [-0.15, -0.1) is 13.2 Å². The molecule has 7 heteroatoms. The molecule has 0 aliphatic carbocycles. The molecule has 1 unspecified atom stereocenters. The van der Waals surface area contributed by atoms with E-state index in [1.165, 1.54) is 24.3 Å². The number of benzene rings is 1. The number of quaternary nitrogens is 1. The zero-order valence-electron chi connectivity index (χ0n) is 8.05. The molecule has 1 aromatic rings. The van der Waals surface area contributed by atoms with Crippen LogP contribution in [0.15, 0.2) is 24.3 Å². The van der Waals surface area contributed by atoms with Gasteiger partial charge in [-0.1, -0.05) is 0 Å². The van der Waals surface area contributed by atoms with Crippen LogP contribution in [0.1, 0.15) is 0 Å². The predicted octanol–water partition coefficient (Wildman–Crippen LogP) is 1.20. The van der Waals surface area contributed by atoms with E-state index in [9.17, 15) is 17.6 Å². The summed E-state index contributed by atoms with van der Waals surface area (Å²) < 4.78 is 48.6. The predicted molar refractivity (Wildman–Crippen MR) is 61.9 cm³/mol. The fourth-order valence-corrected chi connectivity index (χ4v) is 1.09. The van der Waals surface area contributed by atoms with Crippen molar-refractivity contribution in [1.82, 2.24) is 4.48 Å². The van der Waals surface area contributed by atoms with Crippen LogP contribution in [0.4, 0.5) is 28.9 Å². The molecule has 0 aromatic heterocycles. The first-order valence-corrected chi connectivity index (χ1v) is 4.15. The van der Waals surface area contributed by atoms with E-state index >= 15 is 0 Å². The van der Waals surface area contributed by atoms with Gasteiger partial charge in [-0.3, -0.25) is 0 Å². The van der Waals surface area contributed by atoms with E-state index in [-0.39, 0.29) is 29.6 Å². The summed E-state index contributed by atoms with van der Waals surface area (Å²) in [6, 6.07) is 4.96. The normalized spacial score (nSPS) is 15.1. The number of alkyl halides is 4. The molecular formula is C9H15F4N2Sn+. The van der Waals surface area contributed by atoms with Crippen LogP contribution < -0.4 is 10.2 Å². The van der Waals surface area contributed by atoms with Gasteiger partial charge in [0.25, 0.3) is 0 Å². The van der Waals surface area contributed by atoms with E-state index in [0.717, 1.165) is 7.05 Å². The Morgan fingerprint density at radius 2 is 1.62 bits per heavy atom. The standard InChI is InChI=1S/C9H11F4N2.Sn.4H/c1-15(6-10,9(11,12)13)8-4-2-7(14)3-5-8;;;;;/h2-5H,6,14H2,1H3;;;;;/q+1;;;;;. The first-order valence-electron chi connectivity index (χ1n) is 4.15. The molecule has 0 saturated heterocycles. The third kappa shape index (κ3) is 2.79. The molecule has 0 amide bonds. The first kappa shape index (κ1) is 15.5. The van der Waals surface area contributed by atoms with Crippen LogP contribution in [0.2, 0.25) is 0 Å². The maximum atomic E-state index is 12.6. The van der Waals surface area contributed by atoms with Crippen molar-refractivity contribution in [2.24, 2.45) is 0 Å². The molecule has 0 aliphatic rings. The molecule has 16 heavy (non-hydrogen) atoms.